The van der Waals surface area contributed by atoms with Gasteiger partial charge in [0.25, 0.3) is 5.91 Å². The first-order valence-electron chi connectivity index (χ1n) is 9.90. The van der Waals surface area contributed by atoms with Crippen LogP contribution in [-0.4, -0.2) is 19.1 Å². The first-order chi connectivity index (χ1) is 13.1. The number of hydrogen-bond acceptors (Lipinski definition) is 3. The number of carbonyl (C=O) groups excluding carboxylic acids is 1. The van der Waals surface area contributed by atoms with Crippen molar-refractivity contribution in [1.82, 2.24) is 0 Å². The lowest BCUT2D eigenvalue weighted by molar-refractivity contribution is 0.102. The standard InChI is InChI=1S/C23H31NO3/c1-5-14-26-16-20-15-19(12-13-21(20)27-8-4)23(25)24-22-17(6-2)10-9-11-18(22)7-3/h9-13,15H,5-8,14,16H2,1-4H3,(H,24,25). The molecule has 0 unspecified atom stereocenters. The summed E-state index contributed by atoms with van der Waals surface area (Å²) >= 11 is 0. The van der Waals surface area contributed by atoms with Crippen LogP contribution in [0.25, 0.3) is 0 Å². The summed E-state index contributed by atoms with van der Waals surface area (Å²) in [6.07, 6.45) is 2.71. The van der Waals surface area contributed by atoms with Crippen molar-refractivity contribution in [3.63, 3.8) is 0 Å². The molecule has 4 nitrogen and oxygen atoms in total. The van der Waals surface area contributed by atoms with Crippen molar-refractivity contribution < 1.29 is 14.3 Å². The molecule has 0 aliphatic rings. The van der Waals surface area contributed by atoms with E-state index in [2.05, 4.69) is 38.2 Å². The van der Waals surface area contributed by atoms with Gasteiger partial charge in [0, 0.05) is 23.4 Å². The van der Waals surface area contributed by atoms with E-state index >= 15 is 0 Å². The number of aryl methyl sites for hydroxylation is 2. The van der Waals surface area contributed by atoms with Gasteiger partial charge in [0.15, 0.2) is 0 Å². The Labute approximate surface area is 162 Å². The number of rotatable bonds is 10. The van der Waals surface area contributed by atoms with E-state index in [9.17, 15) is 4.79 Å². The number of carbonyl (C=O) groups is 1. The lowest BCUT2D eigenvalue weighted by Crippen LogP contribution is -2.15. The number of hydrogen-bond donors (Lipinski definition) is 1. The smallest absolute Gasteiger partial charge is 0.255 e. The van der Waals surface area contributed by atoms with Crippen molar-refractivity contribution in [3.8, 4) is 5.75 Å². The molecule has 146 valence electrons. The minimum atomic E-state index is -0.106. The third-order valence-corrected chi connectivity index (χ3v) is 4.47. The van der Waals surface area contributed by atoms with E-state index in [0.29, 0.717) is 25.4 Å². The number of anilines is 1. The molecular formula is C23H31NO3. The molecule has 0 spiro atoms. The third-order valence-electron chi connectivity index (χ3n) is 4.47. The summed E-state index contributed by atoms with van der Waals surface area (Å²) in [7, 11) is 0. The molecule has 0 aromatic heterocycles. The van der Waals surface area contributed by atoms with Crippen molar-refractivity contribution in [2.24, 2.45) is 0 Å². The Morgan fingerprint density at radius 2 is 1.67 bits per heavy atom. The Kier molecular flexibility index (Phi) is 8.34. The van der Waals surface area contributed by atoms with Gasteiger partial charge in [-0.3, -0.25) is 4.79 Å². The lowest BCUT2D eigenvalue weighted by Gasteiger charge is -2.16. The number of ether oxygens (including phenoxy) is 2. The average molecular weight is 370 g/mol. The van der Waals surface area contributed by atoms with Crippen LogP contribution in [0.15, 0.2) is 36.4 Å². The van der Waals surface area contributed by atoms with Gasteiger partial charge in [-0.15, -0.1) is 0 Å². The molecule has 0 atom stereocenters. The van der Waals surface area contributed by atoms with Crippen molar-refractivity contribution in [2.45, 2.75) is 53.6 Å². The molecule has 0 aliphatic heterocycles. The van der Waals surface area contributed by atoms with Gasteiger partial charge in [0.05, 0.1) is 13.2 Å². The molecule has 0 saturated carbocycles. The molecule has 0 aliphatic carbocycles. The van der Waals surface area contributed by atoms with Crippen molar-refractivity contribution in [1.29, 1.82) is 0 Å². The van der Waals surface area contributed by atoms with Crippen LogP contribution in [0.5, 0.6) is 5.75 Å². The SMILES string of the molecule is CCCOCc1cc(C(=O)Nc2c(CC)cccc2CC)ccc1OCC. The third kappa shape index (κ3) is 5.57. The van der Waals surface area contributed by atoms with Gasteiger partial charge in [-0.1, -0.05) is 39.0 Å². The number of nitrogens with one attached hydrogen (secondary N) is 1. The van der Waals surface area contributed by atoms with Crippen molar-refractivity contribution in [2.75, 3.05) is 18.5 Å². The molecule has 27 heavy (non-hydrogen) atoms. The van der Waals surface area contributed by atoms with Crippen LogP contribution in [0.3, 0.4) is 0 Å². The zero-order chi connectivity index (χ0) is 19.6. The van der Waals surface area contributed by atoms with Crippen LogP contribution in [0, 0.1) is 0 Å². The van der Waals surface area contributed by atoms with Crippen LogP contribution in [0.4, 0.5) is 5.69 Å². The zero-order valence-electron chi connectivity index (χ0n) is 16.9. The molecular weight excluding hydrogens is 338 g/mol. The Morgan fingerprint density at radius 3 is 2.26 bits per heavy atom. The summed E-state index contributed by atoms with van der Waals surface area (Å²) in [4.78, 5) is 12.9. The molecule has 2 rings (SSSR count). The van der Waals surface area contributed by atoms with E-state index in [0.717, 1.165) is 47.4 Å². The molecule has 0 saturated heterocycles. The summed E-state index contributed by atoms with van der Waals surface area (Å²) in [6, 6.07) is 11.7. The molecule has 2 aromatic rings. The molecule has 0 heterocycles. The summed E-state index contributed by atoms with van der Waals surface area (Å²) < 4.78 is 11.4. The second-order valence-electron chi connectivity index (χ2n) is 6.42. The molecule has 1 N–H and O–H groups in total. The molecule has 1 amide bonds. The van der Waals surface area contributed by atoms with Gasteiger partial charge >= 0.3 is 0 Å². The van der Waals surface area contributed by atoms with Gasteiger partial charge in [-0.2, -0.15) is 0 Å². The summed E-state index contributed by atoms with van der Waals surface area (Å²) in [5.41, 5.74) is 4.75. The van der Waals surface area contributed by atoms with Crippen LogP contribution in [0.1, 0.15) is 61.2 Å². The van der Waals surface area contributed by atoms with Crippen LogP contribution in [0.2, 0.25) is 0 Å². The number of benzene rings is 2. The van der Waals surface area contributed by atoms with Gasteiger partial charge in [0.2, 0.25) is 0 Å². The van der Waals surface area contributed by atoms with E-state index in [1.807, 2.05) is 31.2 Å². The Bertz CT molecular complexity index is 733. The van der Waals surface area contributed by atoms with E-state index in [1.165, 1.54) is 0 Å². The topological polar surface area (TPSA) is 47.6 Å². The van der Waals surface area contributed by atoms with E-state index in [4.69, 9.17) is 9.47 Å². The fourth-order valence-corrected chi connectivity index (χ4v) is 3.05. The highest BCUT2D eigenvalue weighted by Crippen LogP contribution is 2.25. The van der Waals surface area contributed by atoms with Crippen LogP contribution in [-0.2, 0) is 24.2 Å². The normalized spacial score (nSPS) is 10.7. The highest BCUT2D eigenvalue weighted by atomic mass is 16.5. The second kappa shape index (κ2) is 10.7. The maximum atomic E-state index is 12.9. The Morgan fingerprint density at radius 1 is 0.963 bits per heavy atom. The second-order valence-corrected chi connectivity index (χ2v) is 6.42. The average Bonchev–Trinajstić information content (AvgIpc) is 2.69. The Balaban J connectivity index is 2.27. The first kappa shape index (κ1) is 21.0. The minimum absolute atomic E-state index is 0.106. The lowest BCUT2D eigenvalue weighted by atomic mass is 10.0. The van der Waals surface area contributed by atoms with E-state index < -0.39 is 0 Å². The monoisotopic (exact) mass is 369 g/mol. The van der Waals surface area contributed by atoms with Crippen molar-refractivity contribution >= 4 is 11.6 Å². The van der Waals surface area contributed by atoms with Gasteiger partial charge in [-0.25, -0.2) is 0 Å². The highest BCUT2D eigenvalue weighted by molar-refractivity contribution is 6.05. The van der Waals surface area contributed by atoms with Gasteiger partial charge < -0.3 is 14.8 Å². The largest absolute Gasteiger partial charge is 0.494 e. The van der Waals surface area contributed by atoms with Gasteiger partial charge in [0.1, 0.15) is 5.75 Å². The highest BCUT2D eigenvalue weighted by Gasteiger charge is 2.14. The van der Waals surface area contributed by atoms with Crippen LogP contribution >= 0.6 is 0 Å². The minimum Gasteiger partial charge on any atom is -0.494 e. The Hall–Kier alpha value is -2.33. The molecule has 2 aromatic carbocycles. The molecule has 0 fully saturated rings. The van der Waals surface area contributed by atoms with Crippen LogP contribution < -0.4 is 10.1 Å². The summed E-state index contributed by atoms with van der Waals surface area (Å²) in [5, 5.41) is 3.12. The molecule has 4 heteroatoms. The molecule has 0 bridgehead atoms. The zero-order valence-corrected chi connectivity index (χ0v) is 16.9. The summed E-state index contributed by atoms with van der Waals surface area (Å²) in [5.74, 6) is 0.666. The number of para-hydroxylation sites is 1. The fraction of sp³-hybridized carbons (Fsp3) is 0.435. The molecule has 0 radical (unpaired) electrons. The first-order valence-corrected chi connectivity index (χ1v) is 9.90. The predicted octanol–water partition coefficient (Wildman–Crippen LogP) is 5.39. The van der Waals surface area contributed by atoms with Gasteiger partial charge in [-0.05, 0) is 55.5 Å². The van der Waals surface area contributed by atoms with Crippen molar-refractivity contribution in [3.05, 3.63) is 58.7 Å². The van der Waals surface area contributed by atoms with E-state index in [-0.39, 0.29) is 5.91 Å². The number of amides is 1. The quantitative estimate of drug-likeness (QED) is 0.571. The fourth-order valence-electron chi connectivity index (χ4n) is 3.05. The maximum Gasteiger partial charge on any atom is 0.255 e. The predicted molar refractivity (Wildman–Crippen MR) is 111 cm³/mol. The maximum absolute atomic E-state index is 12.9. The van der Waals surface area contributed by atoms with E-state index in [1.54, 1.807) is 0 Å². The summed E-state index contributed by atoms with van der Waals surface area (Å²) in [6.45, 7) is 9.93.